The number of hydrogen-bond acceptors (Lipinski definition) is 4. The molecule has 0 unspecified atom stereocenters. The molecule has 3 saturated heterocycles. The fraction of sp³-hybridized carbons (Fsp3) is 0.625. The first-order chi connectivity index (χ1) is 12.1. The van der Waals surface area contributed by atoms with Gasteiger partial charge in [-0.15, -0.1) is 0 Å². The van der Waals surface area contributed by atoms with Crippen molar-refractivity contribution in [2.24, 2.45) is 5.41 Å². The molecular formula is C16H16F6O4. The van der Waals surface area contributed by atoms with Crippen LogP contribution in [0.2, 0.25) is 0 Å². The van der Waals surface area contributed by atoms with Crippen molar-refractivity contribution in [1.29, 1.82) is 0 Å². The third-order valence-electron chi connectivity index (χ3n) is 4.33. The molecule has 26 heavy (non-hydrogen) atoms. The molecule has 0 amide bonds. The first-order valence-electron chi connectivity index (χ1n) is 7.89. The average Bonchev–Trinajstić information content (AvgIpc) is 2.59. The lowest BCUT2D eigenvalue weighted by molar-refractivity contribution is -0.480. The molecule has 3 aliphatic heterocycles. The van der Waals surface area contributed by atoms with E-state index in [1.807, 2.05) is 6.92 Å². The van der Waals surface area contributed by atoms with Gasteiger partial charge in [0.25, 0.3) is 0 Å². The summed E-state index contributed by atoms with van der Waals surface area (Å²) >= 11 is 0. The lowest BCUT2D eigenvalue weighted by Gasteiger charge is -2.51. The van der Waals surface area contributed by atoms with Crippen molar-refractivity contribution in [1.82, 2.24) is 0 Å². The Morgan fingerprint density at radius 2 is 1.58 bits per heavy atom. The van der Waals surface area contributed by atoms with Gasteiger partial charge in [0.1, 0.15) is 0 Å². The lowest BCUT2D eigenvalue weighted by atomic mass is 9.83. The maximum Gasteiger partial charge on any atom is 0.461 e. The van der Waals surface area contributed by atoms with Gasteiger partial charge in [-0.1, -0.05) is 13.3 Å². The molecule has 0 saturated carbocycles. The van der Waals surface area contributed by atoms with Gasteiger partial charge >= 0.3 is 18.5 Å². The van der Waals surface area contributed by atoms with E-state index in [0.29, 0.717) is 12.1 Å². The van der Waals surface area contributed by atoms with Gasteiger partial charge in [-0.2, -0.15) is 17.6 Å². The summed E-state index contributed by atoms with van der Waals surface area (Å²) in [6.07, 6.45) is -7.67. The summed E-state index contributed by atoms with van der Waals surface area (Å²) in [6, 6.07) is 1.19. The van der Waals surface area contributed by atoms with E-state index in [0.717, 1.165) is 12.8 Å². The van der Waals surface area contributed by atoms with E-state index < -0.39 is 35.9 Å². The van der Waals surface area contributed by atoms with Crippen LogP contribution >= 0.6 is 0 Å². The minimum absolute atomic E-state index is 0.228. The number of rotatable bonds is 6. The van der Waals surface area contributed by atoms with Crippen molar-refractivity contribution < 1.29 is 45.3 Å². The normalized spacial score (nSPS) is 28.6. The van der Waals surface area contributed by atoms with Crippen molar-refractivity contribution in [2.75, 3.05) is 19.8 Å². The van der Waals surface area contributed by atoms with E-state index in [9.17, 15) is 26.3 Å². The number of hydrogen-bond donors (Lipinski definition) is 0. The molecule has 0 atom stereocenters. The van der Waals surface area contributed by atoms with Gasteiger partial charge < -0.3 is 18.9 Å². The van der Waals surface area contributed by atoms with E-state index in [2.05, 4.69) is 4.74 Å². The Morgan fingerprint density at radius 3 is 2.00 bits per heavy atom. The van der Waals surface area contributed by atoms with Crippen LogP contribution in [0.25, 0.3) is 0 Å². The van der Waals surface area contributed by atoms with Gasteiger partial charge in [0, 0.05) is 11.0 Å². The molecule has 146 valence electrons. The van der Waals surface area contributed by atoms with Crippen LogP contribution in [0.5, 0.6) is 5.75 Å². The summed E-state index contributed by atoms with van der Waals surface area (Å²) in [6.45, 7) is 2.66. The summed E-state index contributed by atoms with van der Waals surface area (Å²) < 4.78 is 98.4. The van der Waals surface area contributed by atoms with Crippen LogP contribution in [0, 0.1) is 17.0 Å². The van der Waals surface area contributed by atoms with Crippen LogP contribution in [0.3, 0.4) is 0 Å². The molecule has 1 aromatic rings. The Morgan fingerprint density at radius 1 is 1.08 bits per heavy atom. The van der Waals surface area contributed by atoms with Crippen LogP contribution in [-0.2, 0) is 20.2 Å². The van der Waals surface area contributed by atoms with Crippen molar-refractivity contribution >= 4 is 0 Å². The SMILES string of the molecule is CCCC12COC(c3cc(F)c(OC(F)(F)C(F)F)c(F)c3)(OC1)OC2. The van der Waals surface area contributed by atoms with Crippen LogP contribution in [0.15, 0.2) is 12.1 Å². The summed E-state index contributed by atoms with van der Waals surface area (Å²) in [5.41, 5.74) is -0.610. The summed E-state index contributed by atoms with van der Waals surface area (Å²) in [7, 11) is 0. The summed E-state index contributed by atoms with van der Waals surface area (Å²) in [5.74, 6) is -6.72. The highest BCUT2D eigenvalue weighted by molar-refractivity contribution is 5.33. The quantitative estimate of drug-likeness (QED) is 0.688. The molecule has 4 nitrogen and oxygen atoms in total. The molecule has 0 spiro atoms. The van der Waals surface area contributed by atoms with E-state index in [4.69, 9.17) is 14.2 Å². The standard InChI is InChI=1S/C16H16F6O4/c1-2-3-14-6-23-16(24-7-14,25-8-14)9-4-10(17)12(11(18)5-9)26-15(21,22)13(19)20/h4-5,13H,2-3,6-8H2,1H3. The zero-order valence-corrected chi connectivity index (χ0v) is 13.7. The molecule has 0 N–H and O–H groups in total. The van der Waals surface area contributed by atoms with Gasteiger partial charge in [0.2, 0.25) is 0 Å². The second-order valence-electron chi connectivity index (χ2n) is 6.41. The van der Waals surface area contributed by atoms with Gasteiger partial charge in [0.15, 0.2) is 17.4 Å². The lowest BCUT2D eigenvalue weighted by Crippen LogP contribution is -2.58. The average molecular weight is 386 g/mol. The molecule has 3 fully saturated rings. The number of fused-ring (bicyclic) bond motifs is 3. The second-order valence-corrected chi connectivity index (χ2v) is 6.41. The minimum Gasteiger partial charge on any atom is -0.422 e. The summed E-state index contributed by atoms with van der Waals surface area (Å²) in [4.78, 5) is 0. The highest BCUT2D eigenvalue weighted by Crippen LogP contribution is 2.47. The van der Waals surface area contributed by atoms with E-state index in [-0.39, 0.29) is 30.8 Å². The van der Waals surface area contributed by atoms with Crippen molar-refractivity contribution in [2.45, 2.75) is 38.3 Å². The number of alkyl halides is 4. The highest BCUT2D eigenvalue weighted by atomic mass is 19.3. The third kappa shape index (κ3) is 3.25. The number of ether oxygens (including phenoxy) is 4. The van der Waals surface area contributed by atoms with Crippen molar-refractivity contribution in [3.63, 3.8) is 0 Å². The number of benzene rings is 1. The number of halogens is 6. The Bertz CT molecular complexity index is 633. The van der Waals surface area contributed by atoms with Crippen molar-refractivity contribution in [3.8, 4) is 5.75 Å². The Hall–Kier alpha value is -1.52. The second kappa shape index (κ2) is 6.58. The van der Waals surface area contributed by atoms with E-state index in [1.54, 1.807) is 0 Å². The molecule has 0 aliphatic carbocycles. The molecule has 10 heteroatoms. The molecule has 0 aromatic heterocycles. The smallest absolute Gasteiger partial charge is 0.422 e. The minimum atomic E-state index is -5.04. The van der Waals surface area contributed by atoms with Gasteiger partial charge in [-0.3, -0.25) is 0 Å². The summed E-state index contributed by atoms with van der Waals surface area (Å²) in [5, 5.41) is 0. The zero-order valence-electron chi connectivity index (χ0n) is 13.7. The fourth-order valence-corrected chi connectivity index (χ4v) is 3.01. The molecule has 3 heterocycles. The monoisotopic (exact) mass is 386 g/mol. The molecule has 1 aromatic carbocycles. The molecule has 3 aliphatic rings. The predicted octanol–water partition coefficient (Wildman–Crippen LogP) is 4.18. The molecule has 0 radical (unpaired) electrons. The first kappa shape index (κ1) is 19.2. The maximum absolute atomic E-state index is 14.1. The molecule has 2 bridgehead atoms. The van der Waals surface area contributed by atoms with Crippen molar-refractivity contribution in [3.05, 3.63) is 29.3 Å². The van der Waals surface area contributed by atoms with Gasteiger partial charge in [-0.25, -0.2) is 8.78 Å². The van der Waals surface area contributed by atoms with Crippen LogP contribution < -0.4 is 4.74 Å². The largest absolute Gasteiger partial charge is 0.461 e. The first-order valence-corrected chi connectivity index (χ1v) is 7.89. The third-order valence-corrected chi connectivity index (χ3v) is 4.33. The Balaban J connectivity index is 1.85. The highest BCUT2D eigenvalue weighted by Gasteiger charge is 2.54. The van der Waals surface area contributed by atoms with Gasteiger partial charge in [0.05, 0.1) is 19.8 Å². The van der Waals surface area contributed by atoms with E-state index >= 15 is 0 Å². The fourth-order valence-electron chi connectivity index (χ4n) is 3.01. The zero-order chi connectivity index (χ0) is 19.2. The predicted molar refractivity (Wildman–Crippen MR) is 74.8 cm³/mol. The Kier molecular flexibility index (Phi) is 4.87. The van der Waals surface area contributed by atoms with Crippen LogP contribution in [0.4, 0.5) is 26.3 Å². The molecule has 4 rings (SSSR count). The molecular weight excluding hydrogens is 370 g/mol. The topological polar surface area (TPSA) is 36.9 Å². The van der Waals surface area contributed by atoms with Crippen LogP contribution in [-0.4, -0.2) is 32.4 Å². The van der Waals surface area contributed by atoms with Crippen LogP contribution in [0.1, 0.15) is 25.3 Å². The Labute approximate surface area is 145 Å². The van der Waals surface area contributed by atoms with Gasteiger partial charge in [-0.05, 0) is 18.6 Å². The van der Waals surface area contributed by atoms with E-state index in [1.165, 1.54) is 0 Å². The maximum atomic E-state index is 14.1.